The monoisotopic (exact) mass is 299 g/mol. The van der Waals surface area contributed by atoms with E-state index >= 15 is 0 Å². The summed E-state index contributed by atoms with van der Waals surface area (Å²) < 4.78 is 0. The zero-order chi connectivity index (χ0) is 15.4. The van der Waals surface area contributed by atoms with Gasteiger partial charge < -0.3 is 4.90 Å². The molecule has 0 N–H and O–H groups in total. The van der Waals surface area contributed by atoms with E-state index in [1.165, 1.54) is 68.9 Å². The summed E-state index contributed by atoms with van der Waals surface area (Å²) >= 11 is 0. The van der Waals surface area contributed by atoms with Crippen molar-refractivity contribution in [2.24, 2.45) is 0 Å². The molecule has 1 aliphatic carbocycles. The highest BCUT2D eigenvalue weighted by Gasteiger charge is 2.29. The van der Waals surface area contributed by atoms with E-state index in [2.05, 4.69) is 30.0 Å². The van der Waals surface area contributed by atoms with Gasteiger partial charge in [0.1, 0.15) is 0 Å². The van der Waals surface area contributed by atoms with Crippen LogP contribution >= 0.6 is 0 Å². The Morgan fingerprint density at radius 1 is 1.05 bits per heavy atom. The van der Waals surface area contributed by atoms with Crippen molar-refractivity contribution < 1.29 is 4.79 Å². The van der Waals surface area contributed by atoms with E-state index in [0.29, 0.717) is 11.9 Å². The SMILES string of the molecule is CCCCCCC1CCCC(=O)N1c1ccc2c(c1)CCC2. The van der Waals surface area contributed by atoms with Crippen molar-refractivity contribution >= 4 is 11.6 Å². The molecule has 2 heteroatoms. The van der Waals surface area contributed by atoms with Crippen LogP contribution < -0.4 is 4.90 Å². The smallest absolute Gasteiger partial charge is 0.227 e. The first-order valence-electron chi connectivity index (χ1n) is 9.23. The fourth-order valence-corrected chi connectivity index (χ4v) is 4.09. The molecular formula is C20H29NO. The molecule has 0 aromatic heterocycles. The summed E-state index contributed by atoms with van der Waals surface area (Å²) in [4.78, 5) is 14.7. The van der Waals surface area contributed by atoms with Crippen LogP contribution in [0.2, 0.25) is 0 Å². The molecule has 1 fully saturated rings. The average Bonchev–Trinajstić information content (AvgIpc) is 2.99. The van der Waals surface area contributed by atoms with Crippen LogP contribution in [0.25, 0.3) is 0 Å². The molecule has 3 rings (SSSR count). The van der Waals surface area contributed by atoms with Crippen molar-refractivity contribution in [3.8, 4) is 0 Å². The van der Waals surface area contributed by atoms with Gasteiger partial charge in [-0.25, -0.2) is 0 Å². The Labute approximate surface area is 134 Å². The van der Waals surface area contributed by atoms with Crippen molar-refractivity contribution in [2.45, 2.75) is 83.6 Å². The van der Waals surface area contributed by atoms with Gasteiger partial charge in [0.25, 0.3) is 0 Å². The van der Waals surface area contributed by atoms with E-state index in [4.69, 9.17) is 0 Å². The van der Waals surface area contributed by atoms with Gasteiger partial charge in [0.2, 0.25) is 5.91 Å². The van der Waals surface area contributed by atoms with Gasteiger partial charge in [0.05, 0.1) is 0 Å². The molecule has 120 valence electrons. The second-order valence-corrected chi connectivity index (χ2v) is 6.97. The third-order valence-electron chi connectivity index (χ3n) is 5.31. The zero-order valence-electron chi connectivity index (χ0n) is 13.9. The minimum Gasteiger partial charge on any atom is -0.309 e. The summed E-state index contributed by atoms with van der Waals surface area (Å²) in [5.74, 6) is 0.338. The lowest BCUT2D eigenvalue weighted by molar-refractivity contribution is -0.120. The second-order valence-electron chi connectivity index (χ2n) is 6.97. The maximum Gasteiger partial charge on any atom is 0.227 e. The van der Waals surface area contributed by atoms with Gasteiger partial charge in [0, 0.05) is 18.2 Å². The number of fused-ring (bicyclic) bond motifs is 1. The number of carbonyl (C=O) groups is 1. The lowest BCUT2D eigenvalue weighted by Gasteiger charge is -2.36. The third-order valence-corrected chi connectivity index (χ3v) is 5.31. The normalized spacial score (nSPS) is 21.2. The predicted molar refractivity (Wildman–Crippen MR) is 92.4 cm³/mol. The van der Waals surface area contributed by atoms with Crippen LogP contribution in [-0.2, 0) is 17.6 Å². The Hall–Kier alpha value is -1.31. The molecule has 1 saturated heterocycles. The summed E-state index contributed by atoms with van der Waals surface area (Å²) in [6, 6.07) is 7.17. The lowest BCUT2D eigenvalue weighted by Crippen LogP contribution is -2.43. The quantitative estimate of drug-likeness (QED) is 0.674. The maximum atomic E-state index is 12.5. The Kier molecular flexibility index (Phi) is 5.17. The number of benzene rings is 1. The first-order valence-corrected chi connectivity index (χ1v) is 9.23. The third kappa shape index (κ3) is 3.37. The molecule has 1 aliphatic heterocycles. The molecule has 0 spiro atoms. The number of nitrogens with zero attached hydrogens (tertiary/aromatic N) is 1. The molecule has 1 atom stereocenters. The summed E-state index contributed by atoms with van der Waals surface area (Å²) in [5.41, 5.74) is 4.12. The van der Waals surface area contributed by atoms with Gasteiger partial charge in [-0.1, -0.05) is 38.7 Å². The van der Waals surface area contributed by atoms with Gasteiger partial charge in [-0.3, -0.25) is 4.79 Å². The van der Waals surface area contributed by atoms with Crippen LogP contribution in [0.5, 0.6) is 0 Å². The molecule has 1 heterocycles. The summed E-state index contributed by atoms with van der Waals surface area (Å²) in [5, 5.41) is 0. The predicted octanol–water partition coefficient (Wildman–Crippen LogP) is 5.03. The van der Waals surface area contributed by atoms with Gasteiger partial charge >= 0.3 is 0 Å². The van der Waals surface area contributed by atoms with Gasteiger partial charge in [0.15, 0.2) is 0 Å². The minimum absolute atomic E-state index is 0.338. The molecule has 1 aromatic carbocycles. The Bertz CT molecular complexity index is 522. The van der Waals surface area contributed by atoms with E-state index in [1.807, 2.05) is 0 Å². The minimum atomic E-state index is 0.338. The topological polar surface area (TPSA) is 20.3 Å². The first kappa shape index (κ1) is 15.6. The van der Waals surface area contributed by atoms with Crippen molar-refractivity contribution in [3.05, 3.63) is 29.3 Å². The Balaban J connectivity index is 1.73. The number of carbonyl (C=O) groups excluding carboxylic acids is 1. The molecule has 2 aliphatic rings. The number of unbranched alkanes of at least 4 members (excludes halogenated alkanes) is 3. The molecule has 0 radical (unpaired) electrons. The van der Waals surface area contributed by atoms with Crippen LogP contribution in [0.15, 0.2) is 18.2 Å². The van der Waals surface area contributed by atoms with Crippen LogP contribution in [0.1, 0.15) is 75.8 Å². The average molecular weight is 299 g/mol. The number of hydrogen-bond acceptors (Lipinski definition) is 1. The molecule has 0 bridgehead atoms. The van der Waals surface area contributed by atoms with Crippen LogP contribution in [0.4, 0.5) is 5.69 Å². The van der Waals surface area contributed by atoms with Crippen molar-refractivity contribution in [1.82, 2.24) is 0 Å². The van der Waals surface area contributed by atoms with Crippen molar-refractivity contribution in [3.63, 3.8) is 0 Å². The largest absolute Gasteiger partial charge is 0.309 e. The van der Waals surface area contributed by atoms with Crippen LogP contribution in [0, 0.1) is 0 Å². The number of piperidine rings is 1. The first-order chi connectivity index (χ1) is 10.8. The highest BCUT2D eigenvalue weighted by molar-refractivity contribution is 5.94. The summed E-state index contributed by atoms with van der Waals surface area (Å²) in [6.45, 7) is 2.25. The fraction of sp³-hybridized carbons (Fsp3) is 0.650. The molecule has 1 unspecified atom stereocenters. The number of amides is 1. The molecule has 0 saturated carbocycles. The van der Waals surface area contributed by atoms with E-state index < -0.39 is 0 Å². The molecular weight excluding hydrogens is 270 g/mol. The summed E-state index contributed by atoms with van der Waals surface area (Å²) in [7, 11) is 0. The number of rotatable bonds is 6. The Morgan fingerprint density at radius 2 is 1.91 bits per heavy atom. The van der Waals surface area contributed by atoms with Gasteiger partial charge in [-0.05, 0) is 61.8 Å². The fourth-order valence-electron chi connectivity index (χ4n) is 4.09. The van der Waals surface area contributed by atoms with E-state index in [9.17, 15) is 4.79 Å². The standard InChI is InChI=1S/C20H29NO/c1-2-3-4-5-10-18-11-7-12-20(22)21(18)19-14-13-16-8-6-9-17(16)15-19/h13-15,18H,2-12H2,1H3. The lowest BCUT2D eigenvalue weighted by atomic mass is 9.95. The van der Waals surface area contributed by atoms with Gasteiger partial charge in [-0.2, -0.15) is 0 Å². The number of hydrogen-bond donors (Lipinski definition) is 0. The van der Waals surface area contributed by atoms with Crippen LogP contribution in [0.3, 0.4) is 0 Å². The molecule has 2 nitrogen and oxygen atoms in total. The van der Waals surface area contributed by atoms with Gasteiger partial charge in [-0.15, -0.1) is 0 Å². The second kappa shape index (κ2) is 7.30. The highest BCUT2D eigenvalue weighted by Crippen LogP contribution is 2.32. The number of aryl methyl sites for hydroxylation is 2. The molecule has 1 aromatic rings. The van der Waals surface area contributed by atoms with E-state index in [-0.39, 0.29) is 0 Å². The highest BCUT2D eigenvalue weighted by atomic mass is 16.2. The molecule has 1 amide bonds. The van der Waals surface area contributed by atoms with Crippen LogP contribution in [-0.4, -0.2) is 11.9 Å². The van der Waals surface area contributed by atoms with E-state index in [0.717, 1.165) is 18.5 Å². The maximum absolute atomic E-state index is 12.5. The van der Waals surface area contributed by atoms with Crippen molar-refractivity contribution in [2.75, 3.05) is 4.90 Å². The zero-order valence-corrected chi connectivity index (χ0v) is 13.9. The van der Waals surface area contributed by atoms with Crippen molar-refractivity contribution in [1.29, 1.82) is 0 Å². The van der Waals surface area contributed by atoms with E-state index in [1.54, 1.807) is 0 Å². The molecule has 22 heavy (non-hydrogen) atoms. The Morgan fingerprint density at radius 3 is 2.77 bits per heavy atom. The summed E-state index contributed by atoms with van der Waals surface area (Å²) in [6.07, 6.45) is 13.0. The number of anilines is 1.